The van der Waals surface area contributed by atoms with Crippen LogP contribution in [0.1, 0.15) is 45.4 Å². The van der Waals surface area contributed by atoms with Gasteiger partial charge in [-0.2, -0.15) is 0 Å². The summed E-state index contributed by atoms with van der Waals surface area (Å²) < 4.78 is 0. The summed E-state index contributed by atoms with van der Waals surface area (Å²) in [5.41, 5.74) is 0. The summed E-state index contributed by atoms with van der Waals surface area (Å²) >= 11 is 0. The van der Waals surface area contributed by atoms with Gasteiger partial charge in [-0.25, -0.2) is 0 Å². The lowest BCUT2D eigenvalue weighted by Crippen LogP contribution is -2.51. The molecular formula is C17H30N2. The van der Waals surface area contributed by atoms with Gasteiger partial charge in [0.25, 0.3) is 0 Å². The molecule has 1 aliphatic heterocycles. The lowest BCUT2D eigenvalue weighted by molar-refractivity contribution is -0.0519. The van der Waals surface area contributed by atoms with Gasteiger partial charge < -0.3 is 5.32 Å². The van der Waals surface area contributed by atoms with E-state index in [-0.39, 0.29) is 0 Å². The minimum Gasteiger partial charge on any atom is -0.315 e. The van der Waals surface area contributed by atoms with Crippen LogP contribution in [0.3, 0.4) is 0 Å². The van der Waals surface area contributed by atoms with Crippen molar-refractivity contribution in [3.8, 4) is 0 Å². The highest BCUT2D eigenvalue weighted by atomic mass is 15.2. The van der Waals surface area contributed by atoms with Gasteiger partial charge in [-0.1, -0.05) is 0 Å². The predicted octanol–water partition coefficient (Wildman–Crippen LogP) is 2.74. The van der Waals surface area contributed by atoms with E-state index in [4.69, 9.17) is 0 Å². The molecule has 4 bridgehead atoms. The largest absolute Gasteiger partial charge is 0.315 e. The van der Waals surface area contributed by atoms with E-state index < -0.39 is 0 Å². The molecule has 1 saturated heterocycles. The van der Waals surface area contributed by atoms with Crippen LogP contribution in [0.15, 0.2) is 0 Å². The summed E-state index contributed by atoms with van der Waals surface area (Å²) in [6.07, 6.45) is 9.26. The quantitative estimate of drug-likeness (QED) is 0.823. The van der Waals surface area contributed by atoms with E-state index in [1.807, 2.05) is 0 Å². The lowest BCUT2D eigenvalue weighted by Gasteiger charge is -2.55. The molecule has 5 rings (SSSR count). The molecule has 108 valence electrons. The maximum atomic E-state index is 3.59. The summed E-state index contributed by atoms with van der Waals surface area (Å²) in [7, 11) is 0. The minimum absolute atomic E-state index is 0.750. The second kappa shape index (κ2) is 5.04. The van der Waals surface area contributed by atoms with Gasteiger partial charge in [-0.15, -0.1) is 0 Å². The first-order valence-corrected chi connectivity index (χ1v) is 8.74. The van der Waals surface area contributed by atoms with E-state index >= 15 is 0 Å². The van der Waals surface area contributed by atoms with Crippen LogP contribution in [0.4, 0.5) is 0 Å². The number of nitrogens with one attached hydrogen (secondary N) is 1. The molecule has 2 heteroatoms. The Bertz CT molecular complexity index is 299. The highest BCUT2D eigenvalue weighted by molar-refractivity contribution is 4.99. The van der Waals surface area contributed by atoms with Gasteiger partial charge in [0.15, 0.2) is 0 Å². The molecule has 5 fully saturated rings. The van der Waals surface area contributed by atoms with Gasteiger partial charge in [0, 0.05) is 19.1 Å². The van der Waals surface area contributed by atoms with Crippen molar-refractivity contribution in [2.75, 3.05) is 26.2 Å². The highest BCUT2D eigenvalue weighted by Crippen LogP contribution is 2.56. The Balaban J connectivity index is 1.44. The van der Waals surface area contributed by atoms with Gasteiger partial charge in [0.1, 0.15) is 0 Å². The van der Waals surface area contributed by atoms with Crippen LogP contribution in [-0.4, -0.2) is 37.1 Å². The fraction of sp³-hybridized carbons (Fsp3) is 1.00. The Hall–Kier alpha value is -0.0800. The van der Waals surface area contributed by atoms with Crippen molar-refractivity contribution in [1.29, 1.82) is 0 Å². The Morgan fingerprint density at radius 1 is 1.00 bits per heavy atom. The summed E-state index contributed by atoms with van der Waals surface area (Å²) in [4.78, 5) is 2.81. The van der Waals surface area contributed by atoms with E-state index in [1.54, 1.807) is 32.1 Å². The Morgan fingerprint density at radius 2 is 1.68 bits per heavy atom. The summed E-state index contributed by atoms with van der Waals surface area (Å²) in [6.45, 7) is 7.60. The van der Waals surface area contributed by atoms with Crippen molar-refractivity contribution in [1.82, 2.24) is 10.2 Å². The van der Waals surface area contributed by atoms with Crippen LogP contribution < -0.4 is 5.32 Å². The lowest BCUT2D eigenvalue weighted by atomic mass is 9.52. The van der Waals surface area contributed by atoms with Gasteiger partial charge in [-0.3, -0.25) is 4.90 Å². The number of nitrogens with zero attached hydrogens (tertiary/aromatic N) is 1. The molecule has 1 heterocycles. The maximum absolute atomic E-state index is 3.59. The Morgan fingerprint density at radius 3 is 2.37 bits per heavy atom. The van der Waals surface area contributed by atoms with E-state index in [0.717, 1.165) is 35.6 Å². The standard InChI is InChI=1S/C17H30N2/c1-12-10-18-3-2-4-19(12)11-17-15-6-13-5-14(8-15)9-16(17)7-13/h12-18H,2-11H2,1H3. The van der Waals surface area contributed by atoms with Gasteiger partial charge in [0.05, 0.1) is 0 Å². The van der Waals surface area contributed by atoms with Gasteiger partial charge in [0.2, 0.25) is 0 Å². The van der Waals surface area contributed by atoms with Crippen LogP contribution in [-0.2, 0) is 0 Å². The molecule has 4 saturated carbocycles. The minimum atomic E-state index is 0.750. The van der Waals surface area contributed by atoms with E-state index in [2.05, 4.69) is 17.1 Å². The van der Waals surface area contributed by atoms with Crippen molar-refractivity contribution in [3.63, 3.8) is 0 Å². The first kappa shape index (κ1) is 12.6. The molecule has 2 nitrogen and oxygen atoms in total. The van der Waals surface area contributed by atoms with Crippen LogP contribution in [0.25, 0.3) is 0 Å². The fourth-order valence-corrected chi connectivity index (χ4v) is 5.95. The summed E-state index contributed by atoms with van der Waals surface area (Å²) in [6, 6.07) is 0.750. The highest BCUT2D eigenvalue weighted by Gasteiger charge is 2.48. The third-order valence-corrected chi connectivity index (χ3v) is 6.73. The van der Waals surface area contributed by atoms with E-state index in [9.17, 15) is 0 Å². The third-order valence-electron chi connectivity index (χ3n) is 6.73. The molecule has 0 radical (unpaired) electrons. The average molecular weight is 262 g/mol. The smallest absolute Gasteiger partial charge is 0.0192 e. The second-order valence-corrected chi connectivity index (χ2v) is 8.00. The second-order valence-electron chi connectivity index (χ2n) is 8.00. The molecule has 4 aliphatic carbocycles. The monoisotopic (exact) mass is 262 g/mol. The topological polar surface area (TPSA) is 15.3 Å². The van der Waals surface area contributed by atoms with Gasteiger partial charge >= 0.3 is 0 Å². The molecule has 1 atom stereocenters. The zero-order valence-corrected chi connectivity index (χ0v) is 12.5. The van der Waals surface area contributed by atoms with Crippen LogP contribution in [0.5, 0.6) is 0 Å². The molecule has 0 aromatic heterocycles. The molecule has 0 aromatic carbocycles. The Labute approximate surface area is 118 Å². The average Bonchev–Trinajstić information content (AvgIpc) is 2.58. The Kier molecular flexibility index (Phi) is 3.35. The first-order valence-electron chi connectivity index (χ1n) is 8.74. The van der Waals surface area contributed by atoms with Crippen molar-refractivity contribution in [2.24, 2.45) is 29.6 Å². The van der Waals surface area contributed by atoms with Crippen LogP contribution >= 0.6 is 0 Å². The van der Waals surface area contributed by atoms with Crippen molar-refractivity contribution >= 4 is 0 Å². The molecular weight excluding hydrogens is 232 g/mol. The van der Waals surface area contributed by atoms with Crippen LogP contribution in [0.2, 0.25) is 0 Å². The molecule has 1 unspecified atom stereocenters. The summed E-state index contributed by atoms with van der Waals surface area (Å²) in [5, 5.41) is 3.59. The predicted molar refractivity (Wildman–Crippen MR) is 79.1 cm³/mol. The molecule has 0 amide bonds. The van der Waals surface area contributed by atoms with Crippen LogP contribution in [0, 0.1) is 29.6 Å². The zero-order valence-electron chi connectivity index (χ0n) is 12.5. The third kappa shape index (κ3) is 2.35. The maximum Gasteiger partial charge on any atom is 0.0192 e. The number of hydrogen-bond donors (Lipinski definition) is 1. The first-order chi connectivity index (χ1) is 9.29. The summed E-state index contributed by atoms with van der Waals surface area (Å²) in [5.74, 6) is 5.50. The van der Waals surface area contributed by atoms with Gasteiger partial charge in [-0.05, 0) is 88.1 Å². The fourth-order valence-electron chi connectivity index (χ4n) is 5.95. The number of hydrogen-bond acceptors (Lipinski definition) is 2. The molecule has 0 aromatic rings. The van der Waals surface area contributed by atoms with E-state index in [1.165, 1.54) is 32.6 Å². The number of rotatable bonds is 2. The normalized spacial score (nSPS) is 50.4. The van der Waals surface area contributed by atoms with Crippen molar-refractivity contribution in [3.05, 3.63) is 0 Å². The van der Waals surface area contributed by atoms with Crippen molar-refractivity contribution < 1.29 is 0 Å². The molecule has 19 heavy (non-hydrogen) atoms. The van der Waals surface area contributed by atoms with E-state index in [0.29, 0.717) is 0 Å². The zero-order chi connectivity index (χ0) is 12.8. The molecule has 5 aliphatic rings. The molecule has 0 spiro atoms. The molecule has 1 N–H and O–H groups in total. The van der Waals surface area contributed by atoms with Crippen molar-refractivity contribution in [2.45, 2.75) is 51.5 Å². The SMILES string of the molecule is CC1CNCCCN1CC1C2CC3CC(C2)CC1C3.